The number of carbonyl (C=O) groups excluding carboxylic acids is 1. The Hall–Kier alpha value is -1.55. The summed E-state index contributed by atoms with van der Waals surface area (Å²) in [5.74, 6) is 0.587. The van der Waals surface area contributed by atoms with Gasteiger partial charge in [-0.1, -0.05) is 0 Å². The van der Waals surface area contributed by atoms with Gasteiger partial charge in [-0.3, -0.25) is 4.79 Å². The molecule has 0 aliphatic heterocycles. The lowest BCUT2D eigenvalue weighted by molar-refractivity contribution is 0.101. The van der Waals surface area contributed by atoms with Crippen LogP contribution in [0, 0.1) is 5.92 Å². The van der Waals surface area contributed by atoms with Crippen molar-refractivity contribution in [3.05, 3.63) is 23.8 Å². The molecular weight excluding hydrogens is 240 g/mol. The Kier molecular flexibility index (Phi) is 4.43. The van der Waals surface area contributed by atoms with Crippen molar-refractivity contribution in [2.75, 3.05) is 17.6 Å². The van der Waals surface area contributed by atoms with Crippen LogP contribution >= 0.6 is 0 Å². The van der Waals surface area contributed by atoms with Gasteiger partial charge in [0.2, 0.25) is 0 Å². The minimum absolute atomic E-state index is 0.0121. The van der Waals surface area contributed by atoms with Crippen molar-refractivity contribution in [1.82, 2.24) is 0 Å². The first-order valence-electron chi connectivity index (χ1n) is 6.88. The molecule has 0 saturated heterocycles. The lowest BCUT2D eigenvalue weighted by atomic mass is 9.87. The topological polar surface area (TPSA) is 75.3 Å². The maximum Gasteiger partial charge on any atom is 0.161 e. The fourth-order valence-electron chi connectivity index (χ4n) is 2.58. The molecule has 104 valence electrons. The zero-order chi connectivity index (χ0) is 13.8. The number of anilines is 2. The highest BCUT2D eigenvalue weighted by atomic mass is 16.3. The zero-order valence-electron chi connectivity index (χ0n) is 11.4. The highest BCUT2D eigenvalue weighted by Gasteiger charge is 2.19. The molecule has 1 saturated carbocycles. The monoisotopic (exact) mass is 262 g/mol. The predicted octanol–water partition coefficient (Wildman–Crippen LogP) is 2.43. The molecule has 0 heterocycles. The summed E-state index contributed by atoms with van der Waals surface area (Å²) in [5, 5.41) is 12.8. The average Bonchev–Trinajstić information content (AvgIpc) is 2.39. The van der Waals surface area contributed by atoms with Crippen molar-refractivity contribution in [3.8, 4) is 0 Å². The van der Waals surface area contributed by atoms with Gasteiger partial charge in [-0.05, 0) is 56.7 Å². The number of ketones is 1. The maximum atomic E-state index is 11.4. The third-order valence-corrected chi connectivity index (χ3v) is 3.84. The number of aliphatic hydroxyl groups is 1. The first-order valence-corrected chi connectivity index (χ1v) is 6.88. The summed E-state index contributed by atoms with van der Waals surface area (Å²) in [4.78, 5) is 11.4. The van der Waals surface area contributed by atoms with Crippen molar-refractivity contribution in [2.24, 2.45) is 5.92 Å². The Morgan fingerprint density at radius 3 is 2.68 bits per heavy atom. The molecule has 0 atom stereocenters. The van der Waals surface area contributed by atoms with E-state index in [1.807, 2.05) is 12.1 Å². The Morgan fingerprint density at radius 2 is 2.05 bits per heavy atom. The Labute approximate surface area is 114 Å². The minimum Gasteiger partial charge on any atom is -0.398 e. The summed E-state index contributed by atoms with van der Waals surface area (Å²) >= 11 is 0. The first kappa shape index (κ1) is 13.9. The van der Waals surface area contributed by atoms with Gasteiger partial charge in [-0.2, -0.15) is 0 Å². The van der Waals surface area contributed by atoms with Gasteiger partial charge in [0.1, 0.15) is 0 Å². The van der Waals surface area contributed by atoms with E-state index in [0.717, 1.165) is 37.9 Å². The summed E-state index contributed by atoms with van der Waals surface area (Å²) < 4.78 is 0. The zero-order valence-corrected chi connectivity index (χ0v) is 11.4. The van der Waals surface area contributed by atoms with Gasteiger partial charge in [0, 0.05) is 23.5 Å². The largest absolute Gasteiger partial charge is 0.398 e. The quantitative estimate of drug-likeness (QED) is 0.575. The molecule has 0 amide bonds. The number of aliphatic hydroxyl groups excluding tert-OH is 1. The molecule has 19 heavy (non-hydrogen) atoms. The van der Waals surface area contributed by atoms with Crippen molar-refractivity contribution in [3.63, 3.8) is 0 Å². The summed E-state index contributed by atoms with van der Waals surface area (Å²) in [6, 6.07) is 5.48. The van der Waals surface area contributed by atoms with Crippen LogP contribution in [0.25, 0.3) is 0 Å². The van der Waals surface area contributed by atoms with E-state index >= 15 is 0 Å². The van der Waals surface area contributed by atoms with Gasteiger partial charge in [0.05, 0.1) is 6.10 Å². The van der Waals surface area contributed by atoms with Crippen molar-refractivity contribution in [2.45, 2.75) is 38.7 Å². The van der Waals surface area contributed by atoms with Crippen LogP contribution in [0.1, 0.15) is 43.0 Å². The van der Waals surface area contributed by atoms with Gasteiger partial charge in [-0.25, -0.2) is 0 Å². The van der Waals surface area contributed by atoms with E-state index in [4.69, 9.17) is 5.73 Å². The summed E-state index contributed by atoms with van der Waals surface area (Å²) in [7, 11) is 0. The second kappa shape index (κ2) is 6.06. The molecule has 1 aromatic carbocycles. The molecule has 1 aliphatic rings. The van der Waals surface area contributed by atoms with Crippen LogP contribution in [0.3, 0.4) is 0 Å². The number of nitrogens with one attached hydrogen (secondary N) is 1. The van der Waals surface area contributed by atoms with E-state index in [-0.39, 0.29) is 11.9 Å². The molecule has 4 nitrogen and oxygen atoms in total. The van der Waals surface area contributed by atoms with Gasteiger partial charge >= 0.3 is 0 Å². The Morgan fingerprint density at radius 1 is 1.37 bits per heavy atom. The van der Waals surface area contributed by atoms with Crippen molar-refractivity contribution >= 4 is 17.2 Å². The fourth-order valence-corrected chi connectivity index (χ4v) is 2.58. The van der Waals surface area contributed by atoms with Crippen LogP contribution in [0.4, 0.5) is 11.4 Å². The van der Waals surface area contributed by atoms with Crippen LogP contribution < -0.4 is 11.1 Å². The summed E-state index contributed by atoms with van der Waals surface area (Å²) in [6.45, 7) is 2.41. The molecule has 0 unspecified atom stereocenters. The Bertz CT molecular complexity index is 451. The molecule has 4 heteroatoms. The van der Waals surface area contributed by atoms with Gasteiger partial charge in [-0.15, -0.1) is 0 Å². The third-order valence-electron chi connectivity index (χ3n) is 3.84. The fraction of sp³-hybridized carbons (Fsp3) is 0.533. The summed E-state index contributed by atoms with van der Waals surface area (Å²) in [6.07, 6.45) is 3.79. The predicted molar refractivity (Wildman–Crippen MR) is 77.3 cm³/mol. The Balaban J connectivity index is 1.92. The second-order valence-electron chi connectivity index (χ2n) is 5.41. The molecule has 2 rings (SSSR count). The highest BCUT2D eigenvalue weighted by molar-refractivity contribution is 5.99. The standard InChI is InChI=1S/C15H22N2O2/c1-10(18)14-8-12(4-7-15(14)16)17-9-11-2-5-13(19)6-3-11/h4,7-8,11,13,17,19H,2-3,5-6,9,16H2,1H3. The van der Waals surface area contributed by atoms with Gasteiger partial charge in [0.25, 0.3) is 0 Å². The van der Waals surface area contributed by atoms with Crippen molar-refractivity contribution < 1.29 is 9.90 Å². The molecular formula is C15H22N2O2. The molecule has 1 fully saturated rings. The lowest BCUT2D eigenvalue weighted by Crippen LogP contribution is -2.23. The number of benzene rings is 1. The van der Waals surface area contributed by atoms with Gasteiger partial charge in [0.15, 0.2) is 5.78 Å². The number of Topliss-reactive ketones (excluding diaryl/α,β-unsaturated/α-hetero) is 1. The number of nitrogens with two attached hydrogens (primary N) is 1. The SMILES string of the molecule is CC(=O)c1cc(NCC2CCC(O)CC2)ccc1N. The van der Waals surface area contributed by atoms with Crippen LogP contribution in [0.2, 0.25) is 0 Å². The van der Waals surface area contributed by atoms with E-state index in [0.29, 0.717) is 17.2 Å². The summed E-state index contributed by atoms with van der Waals surface area (Å²) in [5.41, 5.74) is 7.80. The van der Waals surface area contributed by atoms with E-state index in [9.17, 15) is 9.90 Å². The lowest BCUT2D eigenvalue weighted by Gasteiger charge is -2.25. The number of hydrogen-bond acceptors (Lipinski definition) is 4. The van der Waals surface area contributed by atoms with Crippen LogP contribution in [-0.4, -0.2) is 23.5 Å². The molecule has 1 aliphatic carbocycles. The number of hydrogen-bond donors (Lipinski definition) is 3. The minimum atomic E-state index is -0.114. The molecule has 4 N–H and O–H groups in total. The van der Waals surface area contributed by atoms with Crippen LogP contribution in [0.5, 0.6) is 0 Å². The molecule has 1 aromatic rings. The molecule has 0 bridgehead atoms. The van der Waals surface area contributed by atoms with E-state index < -0.39 is 0 Å². The first-order chi connectivity index (χ1) is 9.06. The maximum absolute atomic E-state index is 11.4. The molecule has 0 aromatic heterocycles. The number of carbonyl (C=O) groups is 1. The third kappa shape index (κ3) is 3.70. The van der Waals surface area contributed by atoms with E-state index in [1.54, 1.807) is 6.07 Å². The van der Waals surface area contributed by atoms with E-state index in [1.165, 1.54) is 6.92 Å². The molecule has 0 radical (unpaired) electrons. The van der Waals surface area contributed by atoms with Crippen molar-refractivity contribution in [1.29, 1.82) is 0 Å². The highest BCUT2D eigenvalue weighted by Crippen LogP contribution is 2.25. The molecule has 0 spiro atoms. The number of nitrogen functional groups attached to an aromatic ring is 1. The van der Waals surface area contributed by atoms with Gasteiger partial charge < -0.3 is 16.2 Å². The average molecular weight is 262 g/mol. The normalized spacial score (nSPS) is 23.1. The van der Waals surface area contributed by atoms with Crippen LogP contribution in [-0.2, 0) is 0 Å². The van der Waals surface area contributed by atoms with Crippen LogP contribution in [0.15, 0.2) is 18.2 Å². The van der Waals surface area contributed by atoms with E-state index in [2.05, 4.69) is 5.32 Å². The second-order valence-corrected chi connectivity index (χ2v) is 5.41. The number of rotatable bonds is 4. The smallest absolute Gasteiger partial charge is 0.161 e.